The molecule has 2 aromatic heterocycles. The molecule has 1 fully saturated rings. The van der Waals surface area contributed by atoms with E-state index in [-0.39, 0.29) is 17.7 Å². The number of rotatable bonds is 4. The largest absolute Gasteiger partial charge is 0.444 e. The molecule has 152 valence electrons. The number of carbonyl (C=O) groups is 1. The number of aromatic nitrogens is 2. The number of fused-ring (bicyclic) bond motifs is 1. The molecule has 3 rings (SSSR count). The molecule has 28 heavy (non-hydrogen) atoms. The van der Waals surface area contributed by atoms with Gasteiger partial charge in [-0.2, -0.15) is 0 Å². The van der Waals surface area contributed by atoms with Gasteiger partial charge in [0.05, 0.1) is 11.7 Å². The van der Waals surface area contributed by atoms with Crippen LogP contribution in [0.2, 0.25) is 5.15 Å². The minimum absolute atomic E-state index is 0.0434. The van der Waals surface area contributed by atoms with Crippen LogP contribution in [0.5, 0.6) is 0 Å². The van der Waals surface area contributed by atoms with Gasteiger partial charge in [0.25, 0.3) is 5.56 Å². The molecule has 0 spiro atoms. The van der Waals surface area contributed by atoms with E-state index in [1.54, 1.807) is 29.0 Å². The first-order valence-electron chi connectivity index (χ1n) is 9.58. The fraction of sp³-hybridized carbons (Fsp3) is 0.550. The summed E-state index contributed by atoms with van der Waals surface area (Å²) in [4.78, 5) is 30.6. The first-order valence-corrected chi connectivity index (χ1v) is 9.96. The Kier molecular flexibility index (Phi) is 6.25. The zero-order chi connectivity index (χ0) is 20.3. The molecule has 0 aliphatic carbocycles. The number of hydrogen-bond donors (Lipinski definition) is 1. The highest BCUT2D eigenvalue weighted by Gasteiger charge is 2.23. The Labute approximate surface area is 169 Å². The lowest BCUT2D eigenvalue weighted by atomic mass is 10.1. The number of nitrogens with zero attached hydrogens (tertiary/aromatic N) is 3. The minimum atomic E-state index is -0.490. The standard InChI is InChI=1S/C20H27ClN4O3/c1-20(2,3)28-19(27)23-15-6-8-24(9-7-15)10-11-25-16-13-22-17(21)12-14(16)4-5-18(25)26/h4-5,12-13,15H,6-11H2,1-3H3,(H,23,27). The second kappa shape index (κ2) is 8.49. The van der Waals surface area contributed by atoms with E-state index in [2.05, 4.69) is 15.2 Å². The zero-order valence-corrected chi connectivity index (χ0v) is 17.3. The molecule has 0 unspecified atom stereocenters. The lowest BCUT2D eigenvalue weighted by Gasteiger charge is -2.33. The van der Waals surface area contributed by atoms with Crippen molar-refractivity contribution in [3.8, 4) is 0 Å². The van der Waals surface area contributed by atoms with E-state index in [0.29, 0.717) is 11.7 Å². The van der Waals surface area contributed by atoms with Gasteiger partial charge in [-0.1, -0.05) is 11.6 Å². The lowest BCUT2D eigenvalue weighted by molar-refractivity contribution is 0.0478. The predicted molar refractivity (Wildman–Crippen MR) is 110 cm³/mol. The molecule has 1 amide bonds. The van der Waals surface area contributed by atoms with Crippen molar-refractivity contribution in [2.24, 2.45) is 0 Å². The van der Waals surface area contributed by atoms with E-state index in [1.165, 1.54) is 0 Å². The van der Waals surface area contributed by atoms with Gasteiger partial charge >= 0.3 is 6.09 Å². The Morgan fingerprint density at radius 2 is 2.00 bits per heavy atom. The van der Waals surface area contributed by atoms with E-state index in [1.807, 2.05) is 20.8 Å². The maximum Gasteiger partial charge on any atom is 0.407 e. The summed E-state index contributed by atoms with van der Waals surface area (Å²) in [7, 11) is 0. The molecule has 1 N–H and O–H groups in total. The van der Waals surface area contributed by atoms with Crippen LogP contribution in [-0.4, -0.2) is 51.8 Å². The van der Waals surface area contributed by atoms with Crippen LogP contribution < -0.4 is 10.9 Å². The number of halogens is 1. The number of nitrogens with one attached hydrogen (secondary N) is 1. The molecule has 1 aliphatic heterocycles. The normalized spacial score (nSPS) is 16.3. The van der Waals surface area contributed by atoms with Gasteiger partial charge in [-0.25, -0.2) is 9.78 Å². The van der Waals surface area contributed by atoms with Crippen LogP contribution >= 0.6 is 11.6 Å². The number of likely N-dealkylation sites (tertiary alicyclic amines) is 1. The van der Waals surface area contributed by atoms with E-state index in [9.17, 15) is 9.59 Å². The van der Waals surface area contributed by atoms with Crippen molar-refractivity contribution in [1.82, 2.24) is 19.8 Å². The van der Waals surface area contributed by atoms with Gasteiger partial charge in [0.1, 0.15) is 10.8 Å². The number of hydrogen-bond acceptors (Lipinski definition) is 5. The van der Waals surface area contributed by atoms with Crippen molar-refractivity contribution in [2.45, 2.75) is 51.8 Å². The smallest absolute Gasteiger partial charge is 0.407 e. The molecule has 2 aromatic rings. The van der Waals surface area contributed by atoms with Crippen molar-refractivity contribution in [3.63, 3.8) is 0 Å². The summed E-state index contributed by atoms with van der Waals surface area (Å²) < 4.78 is 7.06. The first-order chi connectivity index (χ1) is 13.2. The summed E-state index contributed by atoms with van der Waals surface area (Å²) in [6.07, 6.45) is 3.01. The van der Waals surface area contributed by atoms with Crippen molar-refractivity contribution in [1.29, 1.82) is 0 Å². The number of ether oxygens (including phenoxy) is 1. The van der Waals surface area contributed by atoms with Crippen LogP contribution in [0.3, 0.4) is 0 Å². The highest BCUT2D eigenvalue weighted by molar-refractivity contribution is 6.30. The van der Waals surface area contributed by atoms with E-state index in [4.69, 9.17) is 16.3 Å². The lowest BCUT2D eigenvalue weighted by Crippen LogP contribution is -2.46. The number of piperidine rings is 1. The molecule has 3 heterocycles. The monoisotopic (exact) mass is 406 g/mol. The van der Waals surface area contributed by atoms with Crippen LogP contribution in [0.4, 0.5) is 4.79 Å². The Morgan fingerprint density at radius 3 is 2.68 bits per heavy atom. The molecule has 1 saturated heterocycles. The van der Waals surface area contributed by atoms with Gasteiger partial charge in [-0.3, -0.25) is 4.79 Å². The minimum Gasteiger partial charge on any atom is -0.444 e. The fourth-order valence-electron chi connectivity index (χ4n) is 3.41. The van der Waals surface area contributed by atoms with Crippen molar-refractivity contribution < 1.29 is 9.53 Å². The number of alkyl carbamates (subject to hydrolysis) is 1. The Morgan fingerprint density at radius 1 is 1.29 bits per heavy atom. The summed E-state index contributed by atoms with van der Waals surface area (Å²) in [5.74, 6) is 0. The van der Waals surface area contributed by atoms with Gasteiger partial charge in [0.15, 0.2) is 0 Å². The maximum absolute atomic E-state index is 12.3. The highest BCUT2D eigenvalue weighted by atomic mass is 35.5. The molecular formula is C20H27ClN4O3. The molecular weight excluding hydrogens is 380 g/mol. The molecule has 0 saturated carbocycles. The summed E-state index contributed by atoms with van der Waals surface area (Å²) in [6.45, 7) is 8.65. The van der Waals surface area contributed by atoms with E-state index < -0.39 is 5.60 Å². The Hall–Kier alpha value is -2.12. The Bertz CT molecular complexity index is 898. The molecule has 0 bridgehead atoms. The van der Waals surface area contributed by atoms with Crippen molar-refractivity contribution in [2.75, 3.05) is 19.6 Å². The van der Waals surface area contributed by atoms with Gasteiger partial charge < -0.3 is 19.5 Å². The summed E-state index contributed by atoms with van der Waals surface area (Å²) in [5, 5.41) is 4.26. The van der Waals surface area contributed by atoms with Gasteiger partial charge in [-0.05, 0) is 45.7 Å². The van der Waals surface area contributed by atoms with Gasteiger partial charge in [0, 0.05) is 43.7 Å². The van der Waals surface area contributed by atoms with Crippen LogP contribution in [0, 0.1) is 0 Å². The van der Waals surface area contributed by atoms with Crippen LogP contribution in [0.15, 0.2) is 29.2 Å². The average molecular weight is 407 g/mol. The Balaban J connectivity index is 1.54. The molecule has 0 atom stereocenters. The van der Waals surface area contributed by atoms with E-state index in [0.717, 1.165) is 43.4 Å². The number of carbonyl (C=O) groups excluding carboxylic acids is 1. The molecule has 0 aromatic carbocycles. The third-order valence-corrected chi connectivity index (χ3v) is 5.00. The number of pyridine rings is 2. The maximum atomic E-state index is 12.3. The van der Waals surface area contributed by atoms with Crippen molar-refractivity contribution in [3.05, 3.63) is 39.9 Å². The van der Waals surface area contributed by atoms with E-state index >= 15 is 0 Å². The average Bonchev–Trinajstić information content (AvgIpc) is 2.60. The second-order valence-electron chi connectivity index (χ2n) is 8.15. The summed E-state index contributed by atoms with van der Waals surface area (Å²) in [5.41, 5.74) is 0.256. The van der Waals surface area contributed by atoms with Crippen LogP contribution in [0.1, 0.15) is 33.6 Å². The zero-order valence-electron chi connectivity index (χ0n) is 16.6. The second-order valence-corrected chi connectivity index (χ2v) is 8.54. The topological polar surface area (TPSA) is 76.5 Å². The molecule has 1 aliphatic rings. The van der Waals surface area contributed by atoms with Crippen LogP contribution in [-0.2, 0) is 11.3 Å². The fourth-order valence-corrected chi connectivity index (χ4v) is 3.58. The molecule has 8 heteroatoms. The SMILES string of the molecule is CC(C)(C)OC(=O)NC1CCN(CCn2c(=O)ccc3cc(Cl)ncc32)CC1. The number of amides is 1. The summed E-state index contributed by atoms with van der Waals surface area (Å²) in [6, 6.07) is 5.23. The molecule has 7 nitrogen and oxygen atoms in total. The third-order valence-electron chi connectivity index (χ3n) is 4.79. The quantitative estimate of drug-likeness (QED) is 0.790. The first kappa shape index (κ1) is 20.6. The van der Waals surface area contributed by atoms with Crippen molar-refractivity contribution >= 4 is 28.6 Å². The third kappa shape index (κ3) is 5.45. The van der Waals surface area contributed by atoms with Crippen LogP contribution in [0.25, 0.3) is 10.9 Å². The predicted octanol–water partition coefficient (Wildman–Crippen LogP) is 3.04. The highest BCUT2D eigenvalue weighted by Crippen LogP contribution is 2.16. The summed E-state index contributed by atoms with van der Waals surface area (Å²) >= 11 is 5.95. The molecule has 0 radical (unpaired) electrons. The van der Waals surface area contributed by atoms with Gasteiger partial charge in [-0.15, -0.1) is 0 Å². The van der Waals surface area contributed by atoms with Gasteiger partial charge in [0.2, 0.25) is 0 Å².